The molecule has 1 amide bonds. The number of amides is 1. The summed E-state index contributed by atoms with van der Waals surface area (Å²) in [4.78, 5) is 17.4. The maximum atomic E-state index is 12.8. The number of aryl methyl sites for hydroxylation is 1. The second kappa shape index (κ2) is 11.2. The molecule has 7 nitrogen and oxygen atoms in total. The first-order valence-electron chi connectivity index (χ1n) is 12.5. The number of rotatable bonds is 9. The number of ether oxygens (including phenoxy) is 3. The van der Waals surface area contributed by atoms with Gasteiger partial charge in [0.1, 0.15) is 23.0 Å². The van der Waals surface area contributed by atoms with Crippen LogP contribution in [0.25, 0.3) is 0 Å². The number of carbonyl (C=O) groups is 1. The Kier molecular flexibility index (Phi) is 7.40. The van der Waals surface area contributed by atoms with Crippen molar-refractivity contribution in [3.8, 4) is 23.0 Å². The molecule has 0 bridgehead atoms. The van der Waals surface area contributed by atoms with Gasteiger partial charge >= 0.3 is 0 Å². The van der Waals surface area contributed by atoms with Gasteiger partial charge in [0.05, 0.1) is 14.2 Å². The molecule has 3 aromatic carbocycles. The molecule has 0 spiro atoms. The molecule has 0 fully saturated rings. The molecule has 1 N–H and O–H groups in total. The summed E-state index contributed by atoms with van der Waals surface area (Å²) in [6.45, 7) is 1.32. The Morgan fingerprint density at radius 2 is 1.73 bits per heavy atom. The van der Waals surface area contributed by atoms with Crippen LogP contribution in [0, 0.1) is 0 Å². The summed E-state index contributed by atoms with van der Waals surface area (Å²) in [6, 6.07) is 23.9. The van der Waals surface area contributed by atoms with Gasteiger partial charge in [0, 0.05) is 31.6 Å². The van der Waals surface area contributed by atoms with Gasteiger partial charge in [0.15, 0.2) is 11.5 Å². The SMILES string of the molecule is COc1ccc(CCNC(=O)c2cn3c(n2)CC[C@@H](c2ccc(Oc4ccccc4)cc2)C3)cc1OC. The quantitative estimate of drug-likeness (QED) is 0.335. The number of hydrogen-bond acceptors (Lipinski definition) is 5. The highest BCUT2D eigenvalue weighted by atomic mass is 16.5. The van der Waals surface area contributed by atoms with Crippen LogP contribution in [0.4, 0.5) is 0 Å². The second-order valence-corrected chi connectivity index (χ2v) is 9.11. The van der Waals surface area contributed by atoms with Crippen LogP contribution < -0.4 is 19.5 Å². The van der Waals surface area contributed by atoms with E-state index in [1.165, 1.54) is 5.56 Å². The van der Waals surface area contributed by atoms with Crippen molar-refractivity contribution in [2.75, 3.05) is 20.8 Å². The third kappa shape index (κ3) is 5.77. The number of imidazole rings is 1. The molecule has 1 aromatic heterocycles. The van der Waals surface area contributed by atoms with Crippen molar-refractivity contribution >= 4 is 5.91 Å². The molecule has 4 aromatic rings. The molecule has 0 aliphatic carbocycles. The standard InChI is InChI=1S/C30H31N3O4/c1-35-27-14-8-21(18-28(27)36-2)16-17-31-30(34)26-20-33-19-23(11-15-29(33)32-26)22-9-12-25(13-10-22)37-24-6-4-3-5-7-24/h3-10,12-14,18,20,23H,11,15-17,19H2,1-2H3,(H,31,34)/t23-/m1/s1. The van der Waals surface area contributed by atoms with Crippen LogP contribution in [0.3, 0.4) is 0 Å². The Bertz CT molecular complexity index is 1350. The lowest BCUT2D eigenvalue weighted by molar-refractivity contribution is 0.0949. The lowest BCUT2D eigenvalue weighted by Crippen LogP contribution is -2.26. The average Bonchev–Trinajstić information content (AvgIpc) is 3.38. The van der Waals surface area contributed by atoms with E-state index in [0.29, 0.717) is 36.1 Å². The monoisotopic (exact) mass is 497 g/mol. The van der Waals surface area contributed by atoms with Crippen LogP contribution in [0.2, 0.25) is 0 Å². The number of para-hydroxylation sites is 1. The zero-order valence-electron chi connectivity index (χ0n) is 21.1. The molecular weight excluding hydrogens is 466 g/mol. The molecule has 0 radical (unpaired) electrons. The first-order chi connectivity index (χ1) is 18.1. The van der Waals surface area contributed by atoms with E-state index in [1.54, 1.807) is 14.2 Å². The van der Waals surface area contributed by atoms with Gasteiger partial charge in [-0.3, -0.25) is 4.79 Å². The number of aromatic nitrogens is 2. The van der Waals surface area contributed by atoms with E-state index in [0.717, 1.165) is 42.3 Å². The van der Waals surface area contributed by atoms with Gasteiger partial charge < -0.3 is 24.1 Å². The third-order valence-electron chi connectivity index (χ3n) is 6.70. The van der Waals surface area contributed by atoms with Gasteiger partial charge in [-0.05, 0) is 60.4 Å². The molecule has 190 valence electrons. The van der Waals surface area contributed by atoms with Gasteiger partial charge in [-0.1, -0.05) is 36.4 Å². The van der Waals surface area contributed by atoms with Crippen LogP contribution in [0.15, 0.2) is 79.0 Å². The van der Waals surface area contributed by atoms with E-state index >= 15 is 0 Å². The fraction of sp³-hybridized carbons (Fsp3) is 0.267. The molecule has 1 atom stereocenters. The molecule has 1 aliphatic heterocycles. The smallest absolute Gasteiger partial charge is 0.271 e. The lowest BCUT2D eigenvalue weighted by atomic mass is 9.91. The number of hydrogen-bond donors (Lipinski definition) is 1. The highest BCUT2D eigenvalue weighted by Gasteiger charge is 2.23. The molecule has 37 heavy (non-hydrogen) atoms. The van der Waals surface area contributed by atoms with Crippen molar-refractivity contribution in [2.45, 2.75) is 31.7 Å². The molecular formula is C30H31N3O4. The zero-order valence-corrected chi connectivity index (χ0v) is 21.1. The molecule has 7 heteroatoms. The van der Waals surface area contributed by atoms with Crippen LogP contribution in [-0.2, 0) is 19.4 Å². The van der Waals surface area contributed by atoms with Gasteiger partial charge in [-0.15, -0.1) is 0 Å². The van der Waals surface area contributed by atoms with E-state index in [4.69, 9.17) is 14.2 Å². The molecule has 5 rings (SSSR count). The molecule has 2 heterocycles. The van der Waals surface area contributed by atoms with Crippen LogP contribution in [0.1, 0.15) is 39.8 Å². The van der Waals surface area contributed by atoms with Gasteiger partial charge in [-0.2, -0.15) is 0 Å². The molecule has 0 saturated carbocycles. The minimum absolute atomic E-state index is 0.152. The first-order valence-corrected chi connectivity index (χ1v) is 12.5. The first kappa shape index (κ1) is 24.4. The minimum Gasteiger partial charge on any atom is -0.493 e. The van der Waals surface area contributed by atoms with Crippen molar-refractivity contribution in [3.63, 3.8) is 0 Å². The van der Waals surface area contributed by atoms with Crippen molar-refractivity contribution in [2.24, 2.45) is 0 Å². The predicted octanol–water partition coefficient (Wildman–Crippen LogP) is 5.40. The Labute approximate surface area is 217 Å². The second-order valence-electron chi connectivity index (χ2n) is 9.11. The molecule has 0 saturated heterocycles. The summed E-state index contributed by atoms with van der Waals surface area (Å²) in [6.07, 6.45) is 4.40. The van der Waals surface area contributed by atoms with E-state index < -0.39 is 0 Å². The Morgan fingerprint density at radius 1 is 0.973 bits per heavy atom. The highest BCUT2D eigenvalue weighted by molar-refractivity contribution is 5.92. The highest BCUT2D eigenvalue weighted by Crippen LogP contribution is 2.31. The normalized spacial score (nSPS) is 14.5. The average molecular weight is 498 g/mol. The fourth-order valence-electron chi connectivity index (χ4n) is 4.71. The van der Waals surface area contributed by atoms with Gasteiger partial charge in [0.25, 0.3) is 5.91 Å². The summed E-state index contributed by atoms with van der Waals surface area (Å²) in [5, 5.41) is 2.99. The maximum Gasteiger partial charge on any atom is 0.271 e. The van der Waals surface area contributed by atoms with Crippen molar-refractivity contribution in [1.29, 1.82) is 0 Å². The van der Waals surface area contributed by atoms with E-state index in [2.05, 4.69) is 27.0 Å². The largest absolute Gasteiger partial charge is 0.493 e. The van der Waals surface area contributed by atoms with Crippen molar-refractivity contribution < 1.29 is 19.0 Å². The lowest BCUT2D eigenvalue weighted by Gasteiger charge is -2.24. The zero-order chi connectivity index (χ0) is 25.6. The summed E-state index contributed by atoms with van der Waals surface area (Å²) in [7, 11) is 3.23. The number of carbonyl (C=O) groups excluding carboxylic acids is 1. The maximum absolute atomic E-state index is 12.8. The Morgan fingerprint density at radius 3 is 2.49 bits per heavy atom. The molecule has 0 unspecified atom stereocenters. The van der Waals surface area contributed by atoms with E-state index in [-0.39, 0.29) is 5.91 Å². The number of nitrogens with zero attached hydrogens (tertiary/aromatic N) is 2. The summed E-state index contributed by atoms with van der Waals surface area (Å²) < 4.78 is 18.7. The number of methoxy groups -OCH3 is 2. The van der Waals surface area contributed by atoms with Crippen LogP contribution in [-0.4, -0.2) is 36.2 Å². The van der Waals surface area contributed by atoms with Crippen molar-refractivity contribution in [3.05, 3.63) is 102 Å². The predicted molar refractivity (Wildman–Crippen MR) is 142 cm³/mol. The summed E-state index contributed by atoms with van der Waals surface area (Å²) in [5.41, 5.74) is 2.79. The topological polar surface area (TPSA) is 74.6 Å². The third-order valence-corrected chi connectivity index (χ3v) is 6.70. The van der Waals surface area contributed by atoms with E-state index in [1.807, 2.05) is 66.9 Å². The van der Waals surface area contributed by atoms with Crippen LogP contribution >= 0.6 is 0 Å². The Balaban J connectivity index is 1.16. The number of benzene rings is 3. The summed E-state index contributed by atoms with van der Waals surface area (Å²) >= 11 is 0. The summed E-state index contributed by atoms with van der Waals surface area (Å²) in [5.74, 6) is 4.20. The van der Waals surface area contributed by atoms with Crippen LogP contribution in [0.5, 0.6) is 23.0 Å². The van der Waals surface area contributed by atoms with Gasteiger partial charge in [-0.25, -0.2) is 4.98 Å². The Hall–Kier alpha value is -4.26. The number of nitrogens with one attached hydrogen (secondary N) is 1. The minimum atomic E-state index is -0.152. The van der Waals surface area contributed by atoms with E-state index in [9.17, 15) is 4.79 Å². The number of fused-ring (bicyclic) bond motifs is 1. The van der Waals surface area contributed by atoms with Gasteiger partial charge in [0.2, 0.25) is 0 Å². The molecule has 1 aliphatic rings. The van der Waals surface area contributed by atoms with Crippen molar-refractivity contribution in [1.82, 2.24) is 14.9 Å². The fourth-order valence-corrected chi connectivity index (χ4v) is 4.71.